The predicted octanol–water partition coefficient (Wildman–Crippen LogP) is 1.62. The van der Waals surface area contributed by atoms with E-state index in [0.29, 0.717) is 6.42 Å². The van der Waals surface area contributed by atoms with E-state index in [1.165, 1.54) is 0 Å². The molecule has 0 aliphatic heterocycles. The molecule has 0 aliphatic carbocycles. The summed E-state index contributed by atoms with van der Waals surface area (Å²) in [4.78, 5) is 9.89. The Hall–Kier alpha value is -1.24. The molecule has 4 heteroatoms. The lowest BCUT2D eigenvalue weighted by Gasteiger charge is -2.04. The van der Waals surface area contributed by atoms with Crippen molar-refractivity contribution in [2.24, 2.45) is 5.92 Å². The van der Waals surface area contributed by atoms with E-state index < -0.39 is 6.16 Å². The highest BCUT2D eigenvalue weighted by atomic mass is 16.7. The van der Waals surface area contributed by atoms with Gasteiger partial charge in [0.25, 0.3) is 0 Å². The molecule has 0 amide bonds. The van der Waals surface area contributed by atoms with E-state index in [0.717, 1.165) is 6.42 Å². The Morgan fingerprint density at radius 2 is 2.45 bits per heavy atom. The molecule has 1 unspecified atom stereocenters. The number of rotatable bonds is 4. The van der Waals surface area contributed by atoms with Crippen LogP contribution in [0.1, 0.15) is 19.8 Å². The molecule has 0 fully saturated rings. The number of ether oxygens (including phenoxy) is 1. The quantitative estimate of drug-likeness (QED) is 0.629. The third kappa shape index (κ3) is 5.22. The van der Waals surface area contributed by atoms with Gasteiger partial charge in [0.2, 0.25) is 0 Å². The summed E-state index contributed by atoms with van der Waals surface area (Å²) in [5.74, 6) is -0.295. The maximum absolute atomic E-state index is 9.89. The molecule has 1 atom stereocenters. The number of carbonyl (C=O) groups is 1. The van der Waals surface area contributed by atoms with Crippen LogP contribution in [-0.4, -0.2) is 17.9 Å². The zero-order valence-electron chi connectivity index (χ0n) is 6.41. The maximum Gasteiger partial charge on any atom is 0.505 e. The first kappa shape index (κ1) is 9.76. The molecule has 0 saturated carbocycles. The number of nitriles is 1. The van der Waals surface area contributed by atoms with Crippen molar-refractivity contribution in [2.45, 2.75) is 19.8 Å². The molecule has 0 saturated heterocycles. The van der Waals surface area contributed by atoms with E-state index in [1.807, 2.05) is 13.0 Å². The maximum atomic E-state index is 9.89. The molecule has 4 nitrogen and oxygen atoms in total. The largest absolute Gasteiger partial charge is 0.505 e. The molecule has 0 bridgehead atoms. The lowest BCUT2D eigenvalue weighted by molar-refractivity contribution is 0.0824. The highest BCUT2D eigenvalue weighted by Gasteiger charge is 2.08. The van der Waals surface area contributed by atoms with Gasteiger partial charge in [0.1, 0.15) is 6.61 Å². The molecule has 0 aromatic heterocycles. The lowest BCUT2D eigenvalue weighted by Crippen LogP contribution is -2.10. The summed E-state index contributed by atoms with van der Waals surface area (Å²) in [7, 11) is 0. The van der Waals surface area contributed by atoms with Crippen molar-refractivity contribution < 1.29 is 14.6 Å². The molecule has 0 aromatic rings. The first-order chi connectivity index (χ1) is 5.20. The third-order valence-corrected chi connectivity index (χ3v) is 1.23. The summed E-state index contributed by atoms with van der Waals surface area (Å²) in [6.45, 7) is 1.92. The van der Waals surface area contributed by atoms with E-state index in [-0.39, 0.29) is 12.5 Å². The average Bonchev–Trinajstić information content (AvgIpc) is 1.97. The summed E-state index contributed by atoms with van der Waals surface area (Å²) in [5, 5.41) is 16.5. The van der Waals surface area contributed by atoms with Crippen LogP contribution >= 0.6 is 0 Å². The van der Waals surface area contributed by atoms with Crippen LogP contribution in [0.25, 0.3) is 0 Å². The number of nitrogens with zero attached hydrogens (tertiary/aromatic N) is 1. The molecule has 0 spiro atoms. The van der Waals surface area contributed by atoms with E-state index in [2.05, 4.69) is 4.74 Å². The fourth-order valence-electron chi connectivity index (χ4n) is 0.705. The van der Waals surface area contributed by atoms with Crippen LogP contribution < -0.4 is 0 Å². The van der Waals surface area contributed by atoms with Gasteiger partial charge in [-0.15, -0.1) is 0 Å². The number of hydrogen-bond donors (Lipinski definition) is 1. The van der Waals surface area contributed by atoms with E-state index in [1.54, 1.807) is 0 Å². The van der Waals surface area contributed by atoms with E-state index >= 15 is 0 Å². The molecular formula is C7H11NO3. The van der Waals surface area contributed by atoms with Gasteiger partial charge in [-0.05, 0) is 6.42 Å². The first-order valence-electron chi connectivity index (χ1n) is 3.46. The Kier molecular flexibility index (Phi) is 4.91. The average molecular weight is 157 g/mol. The molecule has 0 heterocycles. The van der Waals surface area contributed by atoms with Gasteiger partial charge in [-0.2, -0.15) is 5.26 Å². The minimum Gasteiger partial charge on any atom is -0.450 e. The van der Waals surface area contributed by atoms with Crippen LogP contribution in [0.2, 0.25) is 0 Å². The summed E-state index contributed by atoms with van der Waals surface area (Å²) >= 11 is 0. The number of carboxylic acid groups (broad SMARTS) is 1. The third-order valence-electron chi connectivity index (χ3n) is 1.23. The van der Waals surface area contributed by atoms with Gasteiger partial charge in [0, 0.05) is 0 Å². The lowest BCUT2D eigenvalue weighted by atomic mass is 10.1. The molecule has 0 rings (SSSR count). The molecule has 0 aliphatic rings. The fourth-order valence-corrected chi connectivity index (χ4v) is 0.705. The van der Waals surface area contributed by atoms with Crippen LogP contribution in [0.5, 0.6) is 0 Å². The zero-order valence-corrected chi connectivity index (χ0v) is 6.41. The van der Waals surface area contributed by atoms with Crippen molar-refractivity contribution in [1.82, 2.24) is 0 Å². The van der Waals surface area contributed by atoms with Crippen LogP contribution in [0, 0.1) is 17.2 Å². The highest BCUT2D eigenvalue weighted by Crippen LogP contribution is 2.04. The normalized spacial score (nSPS) is 11.6. The van der Waals surface area contributed by atoms with E-state index in [9.17, 15) is 4.79 Å². The second-order valence-corrected chi connectivity index (χ2v) is 2.19. The van der Waals surface area contributed by atoms with Crippen molar-refractivity contribution in [2.75, 3.05) is 6.61 Å². The van der Waals surface area contributed by atoms with Gasteiger partial charge in [-0.1, -0.05) is 13.3 Å². The Balaban J connectivity index is 3.54. The second kappa shape index (κ2) is 5.54. The zero-order chi connectivity index (χ0) is 8.69. The van der Waals surface area contributed by atoms with Gasteiger partial charge in [-0.25, -0.2) is 4.79 Å². The molecule has 1 N–H and O–H groups in total. The summed E-state index contributed by atoms with van der Waals surface area (Å²) < 4.78 is 4.24. The summed E-state index contributed by atoms with van der Waals surface area (Å²) in [6, 6.07) is 1.97. The van der Waals surface area contributed by atoms with Crippen molar-refractivity contribution in [1.29, 1.82) is 5.26 Å². The van der Waals surface area contributed by atoms with Gasteiger partial charge in [-0.3, -0.25) is 0 Å². The Morgan fingerprint density at radius 3 is 2.82 bits per heavy atom. The van der Waals surface area contributed by atoms with Crippen LogP contribution in [-0.2, 0) is 4.74 Å². The van der Waals surface area contributed by atoms with Gasteiger partial charge in [0.15, 0.2) is 0 Å². The molecule has 62 valence electrons. The Bertz CT molecular complexity index is 162. The Labute approximate surface area is 65.4 Å². The van der Waals surface area contributed by atoms with Crippen LogP contribution in [0.4, 0.5) is 4.79 Å². The van der Waals surface area contributed by atoms with Gasteiger partial charge < -0.3 is 9.84 Å². The topological polar surface area (TPSA) is 70.3 Å². The first-order valence-corrected chi connectivity index (χ1v) is 3.46. The summed E-state index contributed by atoms with van der Waals surface area (Å²) in [5.41, 5.74) is 0. The monoisotopic (exact) mass is 157 g/mol. The fraction of sp³-hybridized carbons (Fsp3) is 0.714. The van der Waals surface area contributed by atoms with Gasteiger partial charge >= 0.3 is 6.16 Å². The molecule has 0 aromatic carbocycles. The molecular weight excluding hydrogens is 146 g/mol. The number of hydrogen-bond acceptors (Lipinski definition) is 3. The van der Waals surface area contributed by atoms with Crippen LogP contribution in [0.15, 0.2) is 0 Å². The second-order valence-electron chi connectivity index (χ2n) is 2.19. The standard InChI is InChI=1S/C7H11NO3/c1-2-3-6(4-8)5-11-7(9)10/h6H,2-3,5H2,1H3,(H,9,10). The minimum atomic E-state index is -1.32. The molecule has 0 radical (unpaired) electrons. The van der Waals surface area contributed by atoms with Crippen molar-refractivity contribution in [3.8, 4) is 6.07 Å². The van der Waals surface area contributed by atoms with E-state index in [4.69, 9.17) is 10.4 Å². The SMILES string of the molecule is CCCC(C#N)COC(=O)O. The van der Waals surface area contributed by atoms with Crippen molar-refractivity contribution >= 4 is 6.16 Å². The minimum absolute atomic E-state index is 0.0142. The molecule has 11 heavy (non-hydrogen) atoms. The highest BCUT2D eigenvalue weighted by molar-refractivity contribution is 5.56. The predicted molar refractivity (Wildman–Crippen MR) is 38.0 cm³/mol. The van der Waals surface area contributed by atoms with Crippen molar-refractivity contribution in [3.63, 3.8) is 0 Å². The van der Waals surface area contributed by atoms with Crippen LogP contribution in [0.3, 0.4) is 0 Å². The van der Waals surface area contributed by atoms with Crippen molar-refractivity contribution in [3.05, 3.63) is 0 Å². The van der Waals surface area contributed by atoms with Gasteiger partial charge in [0.05, 0.1) is 12.0 Å². The Morgan fingerprint density at radius 1 is 1.82 bits per heavy atom. The summed E-state index contributed by atoms with van der Waals surface area (Å²) in [6.07, 6.45) is 0.228. The smallest absolute Gasteiger partial charge is 0.450 e.